The van der Waals surface area contributed by atoms with Gasteiger partial charge in [-0.3, -0.25) is 0 Å². The van der Waals surface area contributed by atoms with Crippen molar-refractivity contribution < 1.29 is 5.11 Å². The molecule has 0 aromatic heterocycles. The number of hydrogen-bond acceptors (Lipinski definition) is 2. The zero-order chi connectivity index (χ0) is 13.2. The molecule has 102 valence electrons. The third-order valence-electron chi connectivity index (χ3n) is 4.82. The third kappa shape index (κ3) is 2.60. The lowest BCUT2D eigenvalue weighted by molar-refractivity contribution is 0.212. The molecule has 19 heavy (non-hydrogen) atoms. The molecular formula is C17H23NO. The Morgan fingerprint density at radius 2 is 2.00 bits per heavy atom. The minimum absolute atomic E-state index is 0.0549. The summed E-state index contributed by atoms with van der Waals surface area (Å²) in [5.74, 6) is 2.29. The molecule has 3 rings (SSSR count). The fraction of sp³-hybridized carbons (Fsp3) is 0.529. The highest BCUT2D eigenvalue weighted by Gasteiger charge is 2.38. The molecule has 0 radical (unpaired) electrons. The van der Waals surface area contributed by atoms with Crippen LogP contribution in [0.5, 0.6) is 0 Å². The van der Waals surface area contributed by atoms with Gasteiger partial charge in [-0.2, -0.15) is 0 Å². The van der Waals surface area contributed by atoms with Gasteiger partial charge in [0.1, 0.15) is 0 Å². The summed E-state index contributed by atoms with van der Waals surface area (Å²) in [6.45, 7) is 2.43. The molecule has 2 aliphatic carbocycles. The molecule has 2 N–H and O–H groups in total. The van der Waals surface area contributed by atoms with Crippen LogP contribution in [0.25, 0.3) is 0 Å². The van der Waals surface area contributed by atoms with E-state index in [1.54, 1.807) is 0 Å². The first-order chi connectivity index (χ1) is 9.28. The zero-order valence-corrected chi connectivity index (χ0v) is 11.5. The molecule has 1 aromatic carbocycles. The number of benzene rings is 1. The first-order valence-corrected chi connectivity index (χ1v) is 7.38. The molecular weight excluding hydrogens is 234 g/mol. The molecule has 2 heteroatoms. The highest BCUT2D eigenvalue weighted by molar-refractivity contribution is 5.19. The minimum atomic E-state index is 0.0549. The van der Waals surface area contributed by atoms with Gasteiger partial charge >= 0.3 is 0 Å². The van der Waals surface area contributed by atoms with Gasteiger partial charge in [-0.25, -0.2) is 0 Å². The summed E-state index contributed by atoms with van der Waals surface area (Å²) in [7, 11) is 0. The molecule has 2 aliphatic rings. The molecule has 1 saturated carbocycles. The lowest BCUT2D eigenvalue weighted by Gasteiger charge is -2.30. The van der Waals surface area contributed by atoms with Crippen LogP contribution < -0.4 is 5.32 Å². The van der Waals surface area contributed by atoms with Gasteiger partial charge in [0.15, 0.2) is 0 Å². The van der Waals surface area contributed by atoms with Crippen LogP contribution in [0.3, 0.4) is 0 Å². The van der Waals surface area contributed by atoms with Gasteiger partial charge in [-0.1, -0.05) is 42.5 Å². The van der Waals surface area contributed by atoms with Crippen LogP contribution in [-0.2, 0) is 0 Å². The SMILES string of the molecule is CC(N[C@H](CO)c1ccccc1)C1CC2C=CC1C2. The summed E-state index contributed by atoms with van der Waals surface area (Å²) in [5, 5.41) is 13.3. The van der Waals surface area contributed by atoms with Crippen LogP contribution in [0.4, 0.5) is 0 Å². The summed E-state index contributed by atoms with van der Waals surface area (Å²) in [6, 6.07) is 10.8. The number of aliphatic hydroxyl groups is 1. The Morgan fingerprint density at radius 3 is 2.58 bits per heavy atom. The summed E-state index contributed by atoms with van der Waals surface area (Å²) in [5.41, 5.74) is 1.18. The standard InChI is InChI=1S/C17H23NO/c1-12(16-10-13-7-8-15(16)9-13)18-17(11-19)14-5-3-2-4-6-14/h2-8,12-13,15-19H,9-11H2,1H3/t12?,13?,15?,16?,17-/m1/s1. The lowest BCUT2D eigenvalue weighted by Crippen LogP contribution is -2.39. The summed E-state index contributed by atoms with van der Waals surface area (Å²) in [6.07, 6.45) is 7.43. The summed E-state index contributed by atoms with van der Waals surface area (Å²) >= 11 is 0. The van der Waals surface area contributed by atoms with E-state index in [4.69, 9.17) is 0 Å². The topological polar surface area (TPSA) is 32.3 Å². The van der Waals surface area contributed by atoms with Crippen molar-refractivity contribution in [1.82, 2.24) is 5.32 Å². The molecule has 0 spiro atoms. The van der Waals surface area contributed by atoms with E-state index >= 15 is 0 Å². The Labute approximate surface area is 115 Å². The summed E-state index contributed by atoms with van der Waals surface area (Å²) in [4.78, 5) is 0. The van der Waals surface area contributed by atoms with Gasteiger partial charge in [0.25, 0.3) is 0 Å². The number of allylic oxidation sites excluding steroid dienone is 2. The van der Waals surface area contributed by atoms with Crippen LogP contribution in [0.1, 0.15) is 31.4 Å². The van der Waals surface area contributed by atoms with E-state index in [1.165, 1.54) is 18.4 Å². The Balaban J connectivity index is 1.65. The van der Waals surface area contributed by atoms with Crippen molar-refractivity contribution in [3.63, 3.8) is 0 Å². The predicted octanol–water partition coefficient (Wildman–Crippen LogP) is 2.91. The molecule has 1 fully saturated rings. The second-order valence-electron chi connectivity index (χ2n) is 6.05. The van der Waals surface area contributed by atoms with Gasteiger partial charge in [-0.05, 0) is 43.1 Å². The highest BCUT2D eigenvalue weighted by atomic mass is 16.3. The molecule has 0 aliphatic heterocycles. The Bertz CT molecular complexity index is 442. The molecule has 2 nitrogen and oxygen atoms in total. The van der Waals surface area contributed by atoms with Crippen molar-refractivity contribution in [2.75, 3.05) is 6.61 Å². The Hall–Kier alpha value is -1.12. The number of rotatable bonds is 5. The fourth-order valence-electron chi connectivity index (χ4n) is 3.78. The van der Waals surface area contributed by atoms with Crippen molar-refractivity contribution in [1.29, 1.82) is 0 Å². The number of hydrogen-bond donors (Lipinski definition) is 2. The van der Waals surface area contributed by atoms with Crippen LogP contribution in [0.2, 0.25) is 0 Å². The van der Waals surface area contributed by atoms with Gasteiger partial charge in [-0.15, -0.1) is 0 Å². The first-order valence-electron chi connectivity index (χ1n) is 7.38. The quantitative estimate of drug-likeness (QED) is 0.795. The maximum absolute atomic E-state index is 9.63. The maximum atomic E-state index is 9.63. The smallest absolute Gasteiger partial charge is 0.0626 e. The van der Waals surface area contributed by atoms with Crippen LogP contribution in [-0.4, -0.2) is 17.8 Å². The molecule has 4 unspecified atom stereocenters. The maximum Gasteiger partial charge on any atom is 0.0626 e. The average molecular weight is 257 g/mol. The minimum Gasteiger partial charge on any atom is -0.394 e. The van der Waals surface area contributed by atoms with Gasteiger partial charge in [0.2, 0.25) is 0 Å². The van der Waals surface area contributed by atoms with Crippen LogP contribution >= 0.6 is 0 Å². The monoisotopic (exact) mass is 257 g/mol. The van der Waals surface area contributed by atoms with E-state index in [0.717, 1.165) is 17.8 Å². The van der Waals surface area contributed by atoms with E-state index in [1.807, 2.05) is 18.2 Å². The van der Waals surface area contributed by atoms with Crippen molar-refractivity contribution >= 4 is 0 Å². The molecule has 0 amide bonds. The normalized spacial score (nSPS) is 31.6. The molecule has 0 saturated heterocycles. The lowest BCUT2D eigenvalue weighted by atomic mass is 9.87. The number of aliphatic hydroxyl groups excluding tert-OH is 1. The zero-order valence-electron chi connectivity index (χ0n) is 11.5. The van der Waals surface area contributed by atoms with Gasteiger partial charge in [0, 0.05) is 6.04 Å². The highest BCUT2D eigenvalue weighted by Crippen LogP contribution is 2.45. The molecule has 0 heterocycles. The number of fused-ring (bicyclic) bond motifs is 2. The molecule has 5 atom stereocenters. The van der Waals surface area contributed by atoms with Crippen molar-refractivity contribution in [3.8, 4) is 0 Å². The second-order valence-corrected chi connectivity index (χ2v) is 6.05. The van der Waals surface area contributed by atoms with E-state index in [0.29, 0.717) is 6.04 Å². The van der Waals surface area contributed by atoms with E-state index in [-0.39, 0.29) is 12.6 Å². The molecule has 1 aromatic rings. The van der Waals surface area contributed by atoms with Crippen molar-refractivity contribution in [2.45, 2.75) is 31.8 Å². The van der Waals surface area contributed by atoms with E-state index in [9.17, 15) is 5.11 Å². The molecule has 2 bridgehead atoms. The largest absolute Gasteiger partial charge is 0.394 e. The Morgan fingerprint density at radius 1 is 1.21 bits per heavy atom. The van der Waals surface area contributed by atoms with Gasteiger partial charge in [0.05, 0.1) is 12.6 Å². The number of nitrogens with one attached hydrogen (secondary N) is 1. The van der Waals surface area contributed by atoms with E-state index in [2.05, 4.69) is 36.5 Å². The van der Waals surface area contributed by atoms with Crippen molar-refractivity contribution in [2.24, 2.45) is 17.8 Å². The average Bonchev–Trinajstić information content (AvgIpc) is 3.08. The fourth-order valence-corrected chi connectivity index (χ4v) is 3.78. The van der Waals surface area contributed by atoms with E-state index < -0.39 is 0 Å². The Kier molecular flexibility index (Phi) is 3.72. The summed E-state index contributed by atoms with van der Waals surface area (Å²) < 4.78 is 0. The van der Waals surface area contributed by atoms with Crippen LogP contribution in [0, 0.1) is 17.8 Å². The second kappa shape index (κ2) is 5.48. The van der Waals surface area contributed by atoms with Gasteiger partial charge < -0.3 is 10.4 Å². The predicted molar refractivity (Wildman–Crippen MR) is 77.7 cm³/mol. The van der Waals surface area contributed by atoms with Crippen molar-refractivity contribution in [3.05, 3.63) is 48.0 Å². The van der Waals surface area contributed by atoms with Crippen LogP contribution in [0.15, 0.2) is 42.5 Å². The first kappa shape index (κ1) is 12.9. The third-order valence-corrected chi connectivity index (χ3v) is 4.82.